The number of nitrogens with one attached hydrogen (secondary N) is 1. The molecule has 0 fully saturated rings. The van der Waals surface area contributed by atoms with Crippen LogP contribution in [0.3, 0.4) is 0 Å². The van der Waals surface area contributed by atoms with Crippen molar-refractivity contribution in [3.8, 4) is 11.5 Å². The lowest BCUT2D eigenvalue weighted by Gasteiger charge is -2.28. The molecule has 0 aliphatic carbocycles. The van der Waals surface area contributed by atoms with Crippen LogP contribution < -0.4 is 14.8 Å². The molecule has 0 saturated carbocycles. The molecule has 3 rings (SSSR count). The van der Waals surface area contributed by atoms with Crippen molar-refractivity contribution in [2.24, 2.45) is 0 Å². The van der Waals surface area contributed by atoms with Gasteiger partial charge in [0, 0.05) is 18.8 Å². The molecule has 5 nitrogen and oxygen atoms in total. The minimum absolute atomic E-state index is 0.0914. The number of fused-ring (bicyclic) bond motifs is 1. The Bertz CT molecular complexity index is 746. The van der Waals surface area contributed by atoms with Crippen LogP contribution in [0.2, 0.25) is 0 Å². The van der Waals surface area contributed by atoms with Crippen molar-refractivity contribution >= 4 is 0 Å². The highest BCUT2D eigenvalue weighted by Gasteiger charge is 2.25. The Kier molecular flexibility index (Phi) is 6.12. The number of methoxy groups -OCH3 is 1. The highest BCUT2D eigenvalue weighted by atomic mass is 16.5. The quantitative estimate of drug-likeness (QED) is 0.774. The fourth-order valence-corrected chi connectivity index (χ4v) is 3.39. The fraction of sp³-hybridized carbons (Fsp3) is 0.476. The summed E-state index contributed by atoms with van der Waals surface area (Å²) in [6, 6.07) is 10.5. The van der Waals surface area contributed by atoms with Crippen LogP contribution in [-0.2, 0) is 6.42 Å². The van der Waals surface area contributed by atoms with Gasteiger partial charge >= 0.3 is 0 Å². The number of aromatic nitrogens is 1. The van der Waals surface area contributed by atoms with Crippen molar-refractivity contribution in [3.63, 3.8) is 0 Å². The Morgan fingerprint density at radius 2 is 2.08 bits per heavy atom. The molecule has 26 heavy (non-hydrogen) atoms. The molecule has 5 heteroatoms. The second-order valence-electron chi connectivity index (χ2n) is 7.05. The second-order valence-corrected chi connectivity index (χ2v) is 7.05. The molecule has 1 unspecified atom stereocenters. The van der Waals surface area contributed by atoms with E-state index in [1.807, 2.05) is 13.0 Å². The van der Waals surface area contributed by atoms with Gasteiger partial charge in [-0.1, -0.05) is 6.07 Å². The monoisotopic (exact) mass is 355 g/mol. The summed E-state index contributed by atoms with van der Waals surface area (Å²) in [6.07, 6.45) is 1.96. The third-order valence-corrected chi connectivity index (χ3v) is 4.69. The van der Waals surface area contributed by atoms with Crippen LogP contribution in [0.5, 0.6) is 11.5 Å². The smallest absolute Gasteiger partial charge is 0.161 e. The van der Waals surface area contributed by atoms with Gasteiger partial charge in [0.1, 0.15) is 0 Å². The molecule has 1 aromatic carbocycles. The average Bonchev–Trinajstić information content (AvgIpc) is 2.63. The maximum atomic E-state index is 6.05. The molecule has 1 atom stereocenters. The summed E-state index contributed by atoms with van der Waals surface area (Å²) in [5, 5.41) is 3.60. The SMILES string of the molecule is COc1cc2c(cc1OCCCN(C)C)C(c1cccc(C)n1)NCC2. The van der Waals surface area contributed by atoms with E-state index < -0.39 is 0 Å². The maximum Gasteiger partial charge on any atom is 0.161 e. The van der Waals surface area contributed by atoms with Crippen LogP contribution >= 0.6 is 0 Å². The highest BCUT2D eigenvalue weighted by Crippen LogP contribution is 2.37. The summed E-state index contributed by atoms with van der Waals surface area (Å²) in [5.74, 6) is 1.62. The molecule has 1 aliphatic heterocycles. The van der Waals surface area contributed by atoms with E-state index in [1.165, 1.54) is 11.1 Å². The lowest BCUT2D eigenvalue weighted by atomic mass is 9.91. The lowest BCUT2D eigenvalue weighted by Crippen LogP contribution is -2.31. The van der Waals surface area contributed by atoms with Crippen molar-refractivity contribution in [2.75, 3.05) is 40.9 Å². The summed E-state index contributed by atoms with van der Waals surface area (Å²) in [6.45, 7) is 4.64. The second kappa shape index (κ2) is 8.52. The van der Waals surface area contributed by atoms with Gasteiger partial charge in [-0.3, -0.25) is 4.98 Å². The van der Waals surface area contributed by atoms with Gasteiger partial charge in [-0.05, 0) is 69.3 Å². The molecule has 140 valence electrons. The van der Waals surface area contributed by atoms with Crippen molar-refractivity contribution in [1.29, 1.82) is 0 Å². The third kappa shape index (κ3) is 4.34. The Morgan fingerprint density at radius 3 is 2.81 bits per heavy atom. The highest BCUT2D eigenvalue weighted by molar-refractivity contribution is 5.51. The minimum Gasteiger partial charge on any atom is -0.493 e. The summed E-state index contributed by atoms with van der Waals surface area (Å²) in [5.41, 5.74) is 4.62. The molecule has 1 N–H and O–H groups in total. The van der Waals surface area contributed by atoms with Crippen molar-refractivity contribution in [3.05, 3.63) is 52.8 Å². The number of benzene rings is 1. The molecule has 0 amide bonds. The van der Waals surface area contributed by atoms with Gasteiger partial charge in [0.15, 0.2) is 11.5 Å². The normalized spacial score (nSPS) is 16.4. The first-order valence-corrected chi connectivity index (χ1v) is 9.23. The molecular weight excluding hydrogens is 326 g/mol. The van der Waals surface area contributed by atoms with Gasteiger partial charge < -0.3 is 19.7 Å². The zero-order valence-corrected chi connectivity index (χ0v) is 16.2. The van der Waals surface area contributed by atoms with E-state index >= 15 is 0 Å². The summed E-state index contributed by atoms with van der Waals surface area (Å²) in [4.78, 5) is 6.89. The first-order chi connectivity index (χ1) is 12.6. The Morgan fingerprint density at radius 1 is 1.23 bits per heavy atom. The Labute approximate surface area is 156 Å². The van der Waals surface area contributed by atoms with Crippen LogP contribution in [0, 0.1) is 6.92 Å². The lowest BCUT2D eigenvalue weighted by molar-refractivity contribution is 0.267. The molecule has 1 aromatic heterocycles. The van der Waals surface area contributed by atoms with Crippen molar-refractivity contribution in [1.82, 2.24) is 15.2 Å². The van der Waals surface area contributed by atoms with Crippen LogP contribution in [-0.4, -0.2) is 50.8 Å². The summed E-state index contributed by atoms with van der Waals surface area (Å²) in [7, 11) is 5.85. The molecule has 1 aliphatic rings. The topological polar surface area (TPSA) is 46.6 Å². The first kappa shape index (κ1) is 18.7. The van der Waals surface area contributed by atoms with E-state index in [0.29, 0.717) is 6.61 Å². The molecular formula is C21H29N3O2. The molecule has 2 heterocycles. The minimum atomic E-state index is 0.0914. The average molecular weight is 355 g/mol. The van der Waals surface area contributed by atoms with E-state index in [2.05, 4.69) is 48.6 Å². The number of hydrogen-bond donors (Lipinski definition) is 1. The van der Waals surface area contributed by atoms with Crippen LogP contribution in [0.4, 0.5) is 0 Å². The molecule has 0 saturated heterocycles. The van der Waals surface area contributed by atoms with Crippen molar-refractivity contribution < 1.29 is 9.47 Å². The summed E-state index contributed by atoms with van der Waals surface area (Å²) >= 11 is 0. The van der Waals surface area contributed by atoms with E-state index in [0.717, 1.165) is 48.8 Å². The number of aryl methyl sites for hydroxylation is 1. The molecule has 0 bridgehead atoms. The zero-order chi connectivity index (χ0) is 18.5. The van der Waals surface area contributed by atoms with Gasteiger partial charge in [-0.25, -0.2) is 0 Å². The number of ether oxygens (including phenoxy) is 2. The first-order valence-electron chi connectivity index (χ1n) is 9.23. The third-order valence-electron chi connectivity index (χ3n) is 4.69. The number of pyridine rings is 1. The number of rotatable bonds is 7. The number of nitrogens with zero attached hydrogens (tertiary/aromatic N) is 2. The summed E-state index contributed by atoms with van der Waals surface area (Å²) < 4.78 is 11.6. The van der Waals surface area contributed by atoms with Crippen LogP contribution in [0.1, 0.15) is 35.0 Å². The predicted octanol–water partition coefficient (Wildman–Crippen LogP) is 2.96. The van der Waals surface area contributed by atoms with E-state index in [4.69, 9.17) is 14.5 Å². The zero-order valence-electron chi connectivity index (χ0n) is 16.2. The standard InChI is InChI=1S/C21H29N3O2/c1-15-7-5-8-18(23-15)21-17-14-20(26-12-6-11-24(2)3)19(25-4)13-16(17)9-10-22-21/h5,7-8,13-14,21-22H,6,9-12H2,1-4H3. The van der Waals surface area contributed by atoms with E-state index in [-0.39, 0.29) is 6.04 Å². The molecule has 2 aromatic rings. The van der Waals surface area contributed by atoms with Gasteiger partial charge in [0.2, 0.25) is 0 Å². The maximum absolute atomic E-state index is 6.05. The van der Waals surface area contributed by atoms with E-state index in [1.54, 1.807) is 7.11 Å². The van der Waals surface area contributed by atoms with Gasteiger partial charge in [0.25, 0.3) is 0 Å². The van der Waals surface area contributed by atoms with Crippen molar-refractivity contribution in [2.45, 2.75) is 25.8 Å². The van der Waals surface area contributed by atoms with Crippen LogP contribution in [0.25, 0.3) is 0 Å². The Hall–Kier alpha value is -2.11. The predicted molar refractivity (Wildman–Crippen MR) is 104 cm³/mol. The van der Waals surface area contributed by atoms with Gasteiger partial charge in [-0.2, -0.15) is 0 Å². The van der Waals surface area contributed by atoms with Gasteiger partial charge in [-0.15, -0.1) is 0 Å². The van der Waals surface area contributed by atoms with E-state index in [9.17, 15) is 0 Å². The number of hydrogen-bond acceptors (Lipinski definition) is 5. The largest absolute Gasteiger partial charge is 0.493 e. The fourth-order valence-electron chi connectivity index (χ4n) is 3.39. The van der Waals surface area contributed by atoms with Crippen LogP contribution in [0.15, 0.2) is 30.3 Å². The molecule has 0 spiro atoms. The molecule has 0 radical (unpaired) electrons. The Balaban J connectivity index is 1.87. The van der Waals surface area contributed by atoms with Gasteiger partial charge in [0.05, 0.1) is 25.5 Å².